The molecule has 1 atom stereocenters. The maximum atomic E-state index is 11.6. The van der Waals surface area contributed by atoms with Gasteiger partial charge in [0.1, 0.15) is 60.7 Å². The molecule has 0 saturated heterocycles. The van der Waals surface area contributed by atoms with Crippen molar-refractivity contribution < 1.29 is 5.11 Å². The van der Waals surface area contributed by atoms with Crippen LogP contribution in [0.2, 0.25) is 5.11 Å². The molecule has 0 amide bonds. The Morgan fingerprint density at radius 1 is 0.475 bits per heavy atom. The molecule has 8 aromatic carbocycles. The van der Waals surface area contributed by atoms with Gasteiger partial charge in [0.05, 0.1) is 34.6 Å². The van der Waals surface area contributed by atoms with Gasteiger partial charge >= 0.3 is 0 Å². The highest BCUT2D eigenvalue weighted by Crippen LogP contribution is 2.61. The van der Waals surface area contributed by atoms with Gasteiger partial charge < -0.3 is 5.11 Å². The molecule has 13 heteroatoms. The van der Waals surface area contributed by atoms with Crippen molar-refractivity contribution in [3.63, 3.8) is 0 Å². The van der Waals surface area contributed by atoms with Crippen LogP contribution in [0.15, 0.2) is 140 Å². The van der Waals surface area contributed by atoms with E-state index >= 15 is 0 Å². The van der Waals surface area contributed by atoms with Gasteiger partial charge in [0.15, 0.2) is 0 Å². The molecule has 0 bridgehead atoms. The van der Waals surface area contributed by atoms with Crippen LogP contribution in [0.25, 0.3) is 83.0 Å². The Hall–Kier alpha value is -5.64. The van der Waals surface area contributed by atoms with Crippen LogP contribution in [-0.2, 0) is 5.41 Å². The summed E-state index contributed by atoms with van der Waals surface area (Å²) in [7, 11) is 64.6. The SMILES string of the molecule is [B]c1c([B])c([B])c(-c2nc3ccccc3n2-c2ccc(-c3c4ccccc4c(-c4ccc5c(c4)C(C([B])([B])[B])(C([B])([B])O)c4ccccc4-5)c4ccccc34)cc2)c([B])c1[B]. The van der Waals surface area contributed by atoms with Gasteiger partial charge in [-0.2, -0.15) is 0 Å². The van der Waals surface area contributed by atoms with E-state index < -0.39 is 15.9 Å². The number of benzene rings is 8. The molecule has 1 aliphatic rings. The van der Waals surface area contributed by atoms with Crippen molar-refractivity contribution in [2.75, 3.05) is 0 Å². The predicted molar refractivity (Wildman–Crippen MR) is 262 cm³/mol. The molecule has 1 heterocycles. The van der Waals surface area contributed by atoms with Gasteiger partial charge in [0.25, 0.3) is 0 Å². The Morgan fingerprint density at radius 2 is 0.951 bits per heavy atom. The van der Waals surface area contributed by atoms with Crippen LogP contribution >= 0.6 is 0 Å². The largest absolute Gasteiger partial charge is 0.408 e. The molecule has 0 fully saturated rings. The molecule has 10 rings (SSSR count). The topological polar surface area (TPSA) is 38.0 Å². The van der Waals surface area contributed by atoms with Gasteiger partial charge in [0, 0.05) is 16.7 Å². The molecule has 1 aromatic heterocycles. The summed E-state index contributed by atoms with van der Waals surface area (Å²) in [6.07, 6.45) is 0. The van der Waals surface area contributed by atoms with Gasteiger partial charge in [0.2, 0.25) is 0 Å². The van der Waals surface area contributed by atoms with Crippen molar-refractivity contribution in [1.29, 1.82) is 0 Å². The molecular formula is C48H24B10N2O. The third kappa shape index (κ3) is 5.58. The van der Waals surface area contributed by atoms with E-state index in [1.165, 1.54) is 0 Å². The highest BCUT2D eigenvalue weighted by Gasteiger charge is 2.57. The summed E-state index contributed by atoms with van der Waals surface area (Å²) in [4.78, 5) is 4.97. The number of aliphatic hydroxyl groups is 1. The number of imidazole rings is 1. The number of fused-ring (bicyclic) bond motifs is 6. The number of para-hydroxylation sites is 2. The number of rotatable bonds is 6. The van der Waals surface area contributed by atoms with Gasteiger partial charge in [-0.25, -0.2) is 4.98 Å². The fourth-order valence-corrected chi connectivity index (χ4v) is 9.75. The standard InChI is InChI=1S/C48H24B10N2O/c49-40-39(41(50)43(52)44(53)42(40)51)45-59-35-15-7-8-16-36(35)60(45)26-20-17-24(18-21-26)37-29-10-1-3-12-31(29)38(32-13-4-2-11-30(32)37)25-19-22-28-27-9-5-6-14-33(27)46(34(28)23-25,47(54,55)56)48(57,58)61/h1-23,61H. The third-order valence-corrected chi connectivity index (χ3v) is 12.4. The van der Waals surface area contributed by atoms with Crippen molar-refractivity contribution in [1.82, 2.24) is 9.55 Å². The fourth-order valence-electron chi connectivity index (χ4n) is 9.75. The van der Waals surface area contributed by atoms with Crippen LogP contribution in [0.3, 0.4) is 0 Å². The Labute approximate surface area is 368 Å². The zero-order valence-electron chi connectivity index (χ0n) is 32.9. The molecule has 0 aliphatic heterocycles. The molecule has 0 spiro atoms. The lowest BCUT2D eigenvalue weighted by Gasteiger charge is -2.54. The third-order valence-electron chi connectivity index (χ3n) is 12.4. The van der Waals surface area contributed by atoms with Crippen molar-refractivity contribution >= 4 is 138 Å². The van der Waals surface area contributed by atoms with E-state index in [-0.39, 0.29) is 27.3 Å². The van der Waals surface area contributed by atoms with Crippen molar-refractivity contribution in [3.8, 4) is 50.5 Å². The Morgan fingerprint density at radius 3 is 1.52 bits per heavy atom. The van der Waals surface area contributed by atoms with E-state index in [0.29, 0.717) is 22.5 Å². The molecule has 1 unspecified atom stereocenters. The summed E-state index contributed by atoms with van der Waals surface area (Å²) in [5.41, 5.74) is 8.25. The van der Waals surface area contributed by atoms with E-state index in [9.17, 15) is 5.11 Å². The van der Waals surface area contributed by atoms with E-state index in [0.717, 1.165) is 71.6 Å². The molecule has 262 valence electrons. The van der Waals surface area contributed by atoms with Crippen LogP contribution in [-0.4, -0.2) is 98.5 Å². The highest BCUT2D eigenvalue weighted by atomic mass is 16.3. The second-order valence-electron chi connectivity index (χ2n) is 15.9. The number of aromatic nitrogens is 2. The Balaban J connectivity index is 1.18. The molecule has 1 N–H and O–H groups in total. The molecule has 9 aromatic rings. The van der Waals surface area contributed by atoms with Crippen LogP contribution in [0, 0.1) is 0 Å². The molecule has 0 saturated carbocycles. The van der Waals surface area contributed by atoms with Gasteiger partial charge in [-0.1, -0.05) is 120 Å². The van der Waals surface area contributed by atoms with E-state index in [1.54, 1.807) is 6.07 Å². The first-order valence-electron chi connectivity index (χ1n) is 19.6. The summed E-state index contributed by atoms with van der Waals surface area (Å²) in [6.45, 7) is 0. The normalized spacial score (nSPS) is 15.0. The number of hydrogen-bond acceptors (Lipinski definition) is 2. The second-order valence-corrected chi connectivity index (χ2v) is 15.9. The van der Waals surface area contributed by atoms with E-state index in [2.05, 4.69) is 42.5 Å². The van der Waals surface area contributed by atoms with Crippen LogP contribution in [0.4, 0.5) is 0 Å². The zero-order valence-corrected chi connectivity index (χ0v) is 32.9. The van der Waals surface area contributed by atoms with E-state index in [4.69, 9.17) is 83.4 Å². The van der Waals surface area contributed by atoms with Crippen molar-refractivity contribution in [2.45, 2.75) is 15.9 Å². The van der Waals surface area contributed by atoms with Gasteiger partial charge in [-0.15, -0.1) is 21.5 Å². The Bertz CT molecular complexity index is 3190. The van der Waals surface area contributed by atoms with Crippen LogP contribution in [0.5, 0.6) is 0 Å². The van der Waals surface area contributed by atoms with Crippen LogP contribution < -0.4 is 27.3 Å². The lowest BCUT2D eigenvalue weighted by atomic mass is 9.24. The minimum absolute atomic E-state index is 0.133. The quantitative estimate of drug-likeness (QED) is 0.210. The summed E-state index contributed by atoms with van der Waals surface area (Å²) in [5, 5.41) is 11.1. The van der Waals surface area contributed by atoms with Gasteiger partial charge in [-0.05, 0) is 102 Å². The second kappa shape index (κ2) is 13.9. The maximum absolute atomic E-state index is 11.6. The van der Waals surface area contributed by atoms with Gasteiger partial charge in [-0.3, -0.25) is 4.57 Å². The summed E-state index contributed by atoms with van der Waals surface area (Å²) in [5.74, 6) is 0.475. The van der Waals surface area contributed by atoms with E-state index in [1.807, 2.05) is 95.6 Å². The molecule has 20 radical (unpaired) electrons. The first kappa shape index (κ1) is 39.5. The summed E-state index contributed by atoms with van der Waals surface area (Å²) < 4.78 is 1.99. The maximum Gasteiger partial charge on any atom is 0.144 e. The molecule has 1 aliphatic carbocycles. The molecule has 3 nitrogen and oxygen atoms in total. The highest BCUT2D eigenvalue weighted by molar-refractivity contribution is 6.68. The van der Waals surface area contributed by atoms with Crippen LogP contribution in [0.1, 0.15) is 11.1 Å². The average Bonchev–Trinajstić information content (AvgIpc) is 3.78. The smallest absolute Gasteiger partial charge is 0.144 e. The monoisotopic (exact) mass is 754 g/mol. The minimum Gasteiger partial charge on any atom is -0.408 e. The van der Waals surface area contributed by atoms with Crippen molar-refractivity contribution in [2.24, 2.45) is 0 Å². The minimum atomic E-state index is -2.44. The fraction of sp³-hybridized carbons (Fsp3) is 0.0625. The predicted octanol–water partition coefficient (Wildman–Crippen LogP) is 3.13. The zero-order chi connectivity index (χ0) is 42.7. The van der Waals surface area contributed by atoms with Crippen molar-refractivity contribution in [3.05, 3.63) is 151 Å². The molecule has 61 heavy (non-hydrogen) atoms. The summed E-state index contributed by atoms with van der Waals surface area (Å²) in [6, 6.07) is 46.0. The lowest BCUT2D eigenvalue weighted by Crippen LogP contribution is -2.60. The number of hydrogen-bond donors (Lipinski definition) is 1. The molecular weight excluding hydrogens is 729 g/mol. The lowest BCUT2D eigenvalue weighted by molar-refractivity contribution is 0.138. The number of nitrogens with zero attached hydrogens (tertiary/aromatic N) is 2. The first-order chi connectivity index (χ1) is 29.1. The first-order valence-corrected chi connectivity index (χ1v) is 19.6. The summed E-state index contributed by atoms with van der Waals surface area (Å²) >= 11 is 0. The average molecular weight is 753 g/mol. The Kier molecular flexibility index (Phi) is 9.03.